The van der Waals surface area contributed by atoms with E-state index in [1.54, 1.807) is 29.2 Å². The molecule has 0 unspecified atom stereocenters. The highest BCUT2D eigenvalue weighted by Gasteiger charge is 2.24. The van der Waals surface area contributed by atoms with Gasteiger partial charge < -0.3 is 29.5 Å². The number of likely N-dealkylation sites (N-methyl/N-ethyl adjacent to an activating group) is 1. The zero-order chi connectivity index (χ0) is 37.0. The van der Waals surface area contributed by atoms with Crippen molar-refractivity contribution in [3.05, 3.63) is 95.4 Å². The van der Waals surface area contributed by atoms with E-state index in [0.717, 1.165) is 55.8 Å². The largest absolute Gasteiger partial charge is 0.490 e. The maximum Gasteiger partial charge on any atom is 0.425 e. The minimum Gasteiger partial charge on any atom is -0.490 e. The highest BCUT2D eigenvalue weighted by atomic mass is 19.1. The molecule has 0 spiro atoms. The second-order valence-electron chi connectivity index (χ2n) is 13.0. The minimum absolute atomic E-state index is 0.0745. The average molecular weight is 712 g/mol. The Morgan fingerprint density at radius 2 is 1.67 bits per heavy atom. The van der Waals surface area contributed by atoms with Gasteiger partial charge in [0.1, 0.15) is 11.6 Å². The SMILES string of the molecule is CCN(CC)C(=O)CCc1cccc(N(C(=O)Oc2c(C)cccc2C)c2ccnc(Nc3ccc(OCCCN4CCN(C)CC4)c(F)c3)n2)c1. The summed E-state index contributed by atoms with van der Waals surface area (Å²) in [6.45, 7) is 14.5. The fourth-order valence-corrected chi connectivity index (χ4v) is 6.16. The lowest BCUT2D eigenvalue weighted by molar-refractivity contribution is -0.130. The van der Waals surface area contributed by atoms with Crippen LogP contribution in [0.4, 0.5) is 32.3 Å². The van der Waals surface area contributed by atoms with Gasteiger partial charge in [0.05, 0.1) is 12.3 Å². The first-order valence-corrected chi connectivity index (χ1v) is 18.0. The van der Waals surface area contributed by atoms with Crippen molar-refractivity contribution in [3.63, 3.8) is 0 Å². The van der Waals surface area contributed by atoms with Crippen LogP contribution in [0.25, 0.3) is 0 Å². The van der Waals surface area contributed by atoms with Crippen LogP contribution in [0.1, 0.15) is 43.4 Å². The van der Waals surface area contributed by atoms with E-state index in [1.807, 2.05) is 64.1 Å². The molecule has 1 N–H and O–H groups in total. The number of rotatable bonds is 15. The Labute approximate surface area is 306 Å². The van der Waals surface area contributed by atoms with Crippen molar-refractivity contribution in [1.82, 2.24) is 24.7 Å². The summed E-state index contributed by atoms with van der Waals surface area (Å²) in [5, 5.41) is 3.06. The van der Waals surface area contributed by atoms with E-state index in [1.165, 1.54) is 17.2 Å². The highest BCUT2D eigenvalue weighted by Crippen LogP contribution is 2.30. The first kappa shape index (κ1) is 38.2. The van der Waals surface area contributed by atoms with E-state index in [0.29, 0.717) is 49.7 Å². The number of hydrogen-bond donors (Lipinski definition) is 1. The summed E-state index contributed by atoms with van der Waals surface area (Å²) in [4.78, 5) is 43.6. The molecule has 0 aliphatic carbocycles. The normalized spacial score (nSPS) is 13.4. The monoisotopic (exact) mass is 711 g/mol. The van der Waals surface area contributed by atoms with Crippen molar-refractivity contribution >= 4 is 35.1 Å². The van der Waals surface area contributed by atoms with Crippen molar-refractivity contribution in [2.45, 2.75) is 47.0 Å². The van der Waals surface area contributed by atoms with E-state index < -0.39 is 11.9 Å². The molecule has 52 heavy (non-hydrogen) atoms. The second-order valence-corrected chi connectivity index (χ2v) is 13.0. The van der Waals surface area contributed by atoms with Crippen LogP contribution in [0, 0.1) is 19.7 Å². The number of nitrogens with zero attached hydrogens (tertiary/aromatic N) is 6. The molecule has 5 rings (SSSR count). The van der Waals surface area contributed by atoms with Gasteiger partial charge in [-0.05, 0) is 88.5 Å². The Bertz CT molecular complexity index is 1790. The number of halogens is 1. The summed E-state index contributed by atoms with van der Waals surface area (Å²) in [6, 6.07) is 19.3. The minimum atomic E-state index is -0.668. The topological polar surface area (TPSA) is 103 Å². The maximum absolute atomic E-state index is 15.1. The van der Waals surface area contributed by atoms with Gasteiger partial charge in [0.15, 0.2) is 11.6 Å². The summed E-state index contributed by atoms with van der Waals surface area (Å²) in [5.41, 5.74) is 3.43. The molecule has 3 aromatic carbocycles. The molecule has 1 aliphatic heterocycles. The molecule has 276 valence electrons. The molecule has 1 saturated heterocycles. The highest BCUT2D eigenvalue weighted by molar-refractivity contribution is 5.96. The summed E-state index contributed by atoms with van der Waals surface area (Å²) >= 11 is 0. The number of aromatic nitrogens is 2. The van der Waals surface area contributed by atoms with Gasteiger partial charge in [0, 0.05) is 76.3 Å². The fourth-order valence-electron chi connectivity index (χ4n) is 6.16. The van der Waals surface area contributed by atoms with Crippen LogP contribution in [-0.4, -0.2) is 96.1 Å². The van der Waals surface area contributed by atoms with Crippen molar-refractivity contribution in [1.29, 1.82) is 0 Å². The molecule has 0 bridgehead atoms. The summed E-state index contributed by atoms with van der Waals surface area (Å²) in [7, 11) is 2.13. The number of ether oxygens (including phenoxy) is 2. The summed E-state index contributed by atoms with van der Waals surface area (Å²) < 4.78 is 26.9. The number of aryl methyl sites for hydroxylation is 3. The smallest absolute Gasteiger partial charge is 0.425 e. The van der Waals surface area contributed by atoms with Crippen LogP contribution in [0.15, 0.2) is 72.9 Å². The Balaban J connectivity index is 1.32. The number of carbonyl (C=O) groups is 2. The first-order valence-electron chi connectivity index (χ1n) is 18.0. The van der Waals surface area contributed by atoms with Crippen LogP contribution in [0.3, 0.4) is 0 Å². The second kappa shape index (κ2) is 18.4. The number of para-hydroxylation sites is 1. The molecule has 1 fully saturated rings. The van der Waals surface area contributed by atoms with E-state index >= 15 is 4.39 Å². The lowest BCUT2D eigenvalue weighted by Crippen LogP contribution is -2.44. The Hall–Kier alpha value is -5.07. The molecule has 4 aromatic rings. The number of hydrogen-bond acceptors (Lipinski definition) is 9. The number of nitrogens with one attached hydrogen (secondary N) is 1. The Morgan fingerprint density at radius 3 is 2.38 bits per heavy atom. The third-order valence-electron chi connectivity index (χ3n) is 9.22. The third kappa shape index (κ3) is 10.3. The van der Waals surface area contributed by atoms with Crippen LogP contribution in [-0.2, 0) is 11.2 Å². The van der Waals surface area contributed by atoms with Crippen LogP contribution < -0.4 is 19.7 Å². The molecule has 1 aromatic heterocycles. The van der Waals surface area contributed by atoms with E-state index in [2.05, 4.69) is 32.1 Å². The number of benzene rings is 3. The molecule has 12 heteroatoms. The predicted octanol–water partition coefficient (Wildman–Crippen LogP) is 7.13. The number of anilines is 4. The number of piperazine rings is 1. The maximum atomic E-state index is 15.1. The standard InChI is InChI=1S/C40H50FN7O4/c1-6-47(7-2)37(49)18-15-31-13-9-14-33(27-31)48(40(50)52-38-29(3)11-8-12-30(38)4)36-19-20-42-39(44-36)43-32-16-17-35(34(41)28-32)51-26-10-21-46-24-22-45(5)23-25-46/h8-9,11-14,16-17,19-20,27-28H,6-7,10,15,18,21-26H2,1-5H3,(H,42,43,44). The predicted molar refractivity (Wildman–Crippen MR) is 203 cm³/mol. The molecular formula is C40H50FN7O4. The quantitative estimate of drug-likeness (QED) is 0.129. The molecule has 0 atom stereocenters. The van der Waals surface area contributed by atoms with Gasteiger partial charge in [-0.15, -0.1) is 0 Å². The van der Waals surface area contributed by atoms with Gasteiger partial charge in [0.2, 0.25) is 11.9 Å². The van der Waals surface area contributed by atoms with E-state index in [-0.39, 0.29) is 23.4 Å². The lowest BCUT2D eigenvalue weighted by Gasteiger charge is -2.32. The molecule has 11 nitrogen and oxygen atoms in total. The molecule has 2 heterocycles. The van der Waals surface area contributed by atoms with Crippen molar-refractivity contribution < 1.29 is 23.5 Å². The molecule has 2 amide bonds. The number of amides is 2. The molecule has 0 radical (unpaired) electrons. The van der Waals surface area contributed by atoms with Crippen LogP contribution >= 0.6 is 0 Å². The van der Waals surface area contributed by atoms with Gasteiger partial charge in [-0.1, -0.05) is 30.3 Å². The van der Waals surface area contributed by atoms with Gasteiger partial charge in [-0.2, -0.15) is 4.98 Å². The van der Waals surface area contributed by atoms with Crippen LogP contribution in [0.5, 0.6) is 11.5 Å². The van der Waals surface area contributed by atoms with Crippen LogP contribution in [0.2, 0.25) is 0 Å². The molecule has 1 aliphatic rings. The zero-order valence-corrected chi connectivity index (χ0v) is 30.9. The van der Waals surface area contributed by atoms with E-state index in [9.17, 15) is 9.59 Å². The average Bonchev–Trinajstić information content (AvgIpc) is 3.13. The Morgan fingerprint density at radius 1 is 0.942 bits per heavy atom. The van der Waals surface area contributed by atoms with Gasteiger partial charge >= 0.3 is 6.09 Å². The van der Waals surface area contributed by atoms with Crippen molar-refractivity contribution in [2.75, 3.05) is 69.7 Å². The van der Waals surface area contributed by atoms with Gasteiger partial charge in [-0.3, -0.25) is 4.79 Å². The summed E-state index contributed by atoms with van der Waals surface area (Å²) in [6.07, 6.45) is 2.50. The molecular weight excluding hydrogens is 661 g/mol. The van der Waals surface area contributed by atoms with Crippen molar-refractivity contribution in [3.8, 4) is 11.5 Å². The lowest BCUT2D eigenvalue weighted by atomic mass is 10.1. The molecule has 0 saturated carbocycles. The van der Waals surface area contributed by atoms with Crippen molar-refractivity contribution in [2.24, 2.45) is 0 Å². The fraction of sp³-hybridized carbons (Fsp3) is 0.400. The Kier molecular flexibility index (Phi) is 13.5. The van der Waals surface area contributed by atoms with E-state index in [4.69, 9.17) is 9.47 Å². The first-order chi connectivity index (χ1) is 25.1. The van der Waals surface area contributed by atoms with Gasteiger partial charge in [-0.25, -0.2) is 19.1 Å². The zero-order valence-electron chi connectivity index (χ0n) is 30.9. The van der Waals surface area contributed by atoms with Gasteiger partial charge in [0.25, 0.3) is 0 Å². The number of carbonyl (C=O) groups excluding carboxylic acids is 2. The summed E-state index contributed by atoms with van der Waals surface area (Å²) in [5.74, 6) is 0.608. The third-order valence-corrected chi connectivity index (χ3v) is 9.22.